The van der Waals surface area contributed by atoms with E-state index in [9.17, 15) is 9.59 Å². The molecule has 25 heavy (non-hydrogen) atoms. The van der Waals surface area contributed by atoms with Gasteiger partial charge in [0.2, 0.25) is 0 Å². The summed E-state index contributed by atoms with van der Waals surface area (Å²) in [5.41, 5.74) is 4.29. The third-order valence-corrected chi connectivity index (χ3v) is 3.93. The van der Waals surface area contributed by atoms with E-state index in [1.807, 2.05) is 42.5 Å². The minimum Gasteiger partial charge on any atom is -0.408 e. The van der Waals surface area contributed by atoms with Crippen LogP contribution in [0.15, 0.2) is 82.0 Å². The number of hydrogen-bond donors (Lipinski definition) is 2. The maximum absolute atomic E-state index is 12.4. The van der Waals surface area contributed by atoms with Gasteiger partial charge < -0.3 is 9.73 Å². The predicted molar refractivity (Wildman–Crippen MR) is 96.7 cm³/mol. The van der Waals surface area contributed by atoms with Crippen LogP contribution in [0.1, 0.15) is 10.4 Å². The van der Waals surface area contributed by atoms with E-state index in [4.69, 9.17) is 4.42 Å². The molecule has 2 N–H and O–H groups in total. The fraction of sp³-hybridized carbons (Fsp3) is 0. The van der Waals surface area contributed by atoms with Gasteiger partial charge in [0.25, 0.3) is 5.91 Å². The molecule has 122 valence electrons. The third kappa shape index (κ3) is 3.07. The number of nitrogens with one attached hydrogen (secondary N) is 2. The number of rotatable bonds is 3. The molecule has 4 rings (SSSR count). The van der Waals surface area contributed by atoms with Crippen molar-refractivity contribution < 1.29 is 9.21 Å². The molecular weight excluding hydrogens is 316 g/mol. The van der Waals surface area contributed by atoms with Crippen molar-refractivity contribution in [1.82, 2.24) is 4.98 Å². The van der Waals surface area contributed by atoms with Crippen LogP contribution in [0.3, 0.4) is 0 Å². The minimum absolute atomic E-state index is 0.218. The average Bonchev–Trinajstić information content (AvgIpc) is 3.02. The summed E-state index contributed by atoms with van der Waals surface area (Å²) in [4.78, 5) is 26.1. The Balaban J connectivity index is 1.54. The molecule has 0 saturated carbocycles. The van der Waals surface area contributed by atoms with Crippen LogP contribution in [0.5, 0.6) is 0 Å². The van der Waals surface area contributed by atoms with Crippen molar-refractivity contribution in [2.75, 3.05) is 5.32 Å². The normalized spacial score (nSPS) is 10.7. The number of aromatic nitrogens is 1. The summed E-state index contributed by atoms with van der Waals surface area (Å²) in [5, 5.41) is 2.82. The summed E-state index contributed by atoms with van der Waals surface area (Å²) in [6.45, 7) is 0. The maximum Gasteiger partial charge on any atom is 0.417 e. The van der Waals surface area contributed by atoms with Crippen LogP contribution >= 0.6 is 0 Å². The fourth-order valence-electron chi connectivity index (χ4n) is 2.68. The first kappa shape index (κ1) is 15.0. The van der Waals surface area contributed by atoms with Crippen LogP contribution in [0.4, 0.5) is 5.69 Å². The largest absolute Gasteiger partial charge is 0.417 e. The molecular formula is C20H14N2O3. The van der Waals surface area contributed by atoms with Crippen LogP contribution in [-0.2, 0) is 0 Å². The van der Waals surface area contributed by atoms with Crippen molar-refractivity contribution in [2.45, 2.75) is 0 Å². The van der Waals surface area contributed by atoms with E-state index in [-0.39, 0.29) is 5.91 Å². The Kier molecular flexibility index (Phi) is 3.67. The van der Waals surface area contributed by atoms with Gasteiger partial charge in [-0.3, -0.25) is 9.78 Å². The van der Waals surface area contributed by atoms with Crippen molar-refractivity contribution in [1.29, 1.82) is 0 Å². The van der Waals surface area contributed by atoms with E-state index in [0.717, 1.165) is 11.1 Å². The Labute approximate surface area is 142 Å². The Morgan fingerprint density at radius 2 is 1.60 bits per heavy atom. The number of aromatic amines is 1. The Morgan fingerprint density at radius 3 is 2.36 bits per heavy atom. The number of benzene rings is 3. The highest BCUT2D eigenvalue weighted by Gasteiger charge is 2.08. The van der Waals surface area contributed by atoms with E-state index in [0.29, 0.717) is 22.4 Å². The van der Waals surface area contributed by atoms with Crippen molar-refractivity contribution in [3.8, 4) is 11.1 Å². The monoisotopic (exact) mass is 330 g/mol. The molecule has 0 fully saturated rings. The molecule has 1 aromatic heterocycles. The van der Waals surface area contributed by atoms with E-state index >= 15 is 0 Å². The number of hydrogen-bond acceptors (Lipinski definition) is 3. The molecule has 3 aromatic carbocycles. The van der Waals surface area contributed by atoms with Gasteiger partial charge in [0.1, 0.15) is 0 Å². The van der Waals surface area contributed by atoms with Crippen molar-refractivity contribution in [2.24, 2.45) is 0 Å². The number of amides is 1. The Bertz CT molecular complexity index is 1090. The van der Waals surface area contributed by atoms with Gasteiger partial charge in [-0.05, 0) is 41.5 Å². The second kappa shape index (κ2) is 6.13. The van der Waals surface area contributed by atoms with Crippen LogP contribution in [0.2, 0.25) is 0 Å². The zero-order valence-corrected chi connectivity index (χ0v) is 13.2. The maximum atomic E-state index is 12.4. The van der Waals surface area contributed by atoms with Gasteiger partial charge in [0.05, 0.1) is 5.52 Å². The Morgan fingerprint density at radius 1 is 0.880 bits per heavy atom. The van der Waals surface area contributed by atoms with Crippen molar-refractivity contribution >= 4 is 22.7 Å². The molecule has 0 unspecified atom stereocenters. The van der Waals surface area contributed by atoms with Crippen LogP contribution in [0.25, 0.3) is 22.2 Å². The Hall–Kier alpha value is -3.60. The molecule has 5 nitrogen and oxygen atoms in total. The number of fused-ring (bicyclic) bond motifs is 1. The van der Waals surface area contributed by atoms with Crippen LogP contribution < -0.4 is 11.1 Å². The van der Waals surface area contributed by atoms with Gasteiger partial charge in [-0.25, -0.2) is 4.79 Å². The lowest BCUT2D eigenvalue weighted by Gasteiger charge is -2.06. The number of oxazole rings is 1. The van der Waals surface area contributed by atoms with Crippen molar-refractivity contribution in [3.05, 3.63) is 88.9 Å². The number of carbonyl (C=O) groups is 1. The molecule has 0 radical (unpaired) electrons. The van der Waals surface area contributed by atoms with Gasteiger partial charge in [-0.2, -0.15) is 0 Å². The first-order chi connectivity index (χ1) is 12.2. The average molecular weight is 330 g/mol. The van der Waals surface area contributed by atoms with Gasteiger partial charge in [0, 0.05) is 11.3 Å². The molecule has 0 spiro atoms. The zero-order chi connectivity index (χ0) is 17.2. The quantitative estimate of drug-likeness (QED) is 0.595. The SMILES string of the molecule is O=C(Nc1ccc2oc(=O)[nH]c2c1)c1ccc(-c2ccccc2)cc1. The van der Waals surface area contributed by atoms with Crippen LogP contribution in [-0.4, -0.2) is 10.9 Å². The summed E-state index contributed by atoms with van der Waals surface area (Å²) in [5.74, 6) is -0.736. The summed E-state index contributed by atoms with van der Waals surface area (Å²) in [6.07, 6.45) is 0. The number of anilines is 1. The van der Waals surface area contributed by atoms with E-state index in [1.165, 1.54) is 0 Å². The predicted octanol–water partition coefficient (Wildman–Crippen LogP) is 4.04. The smallest absolute Gasteiger partial charge is 0.408 e. The molecule has 0 aliphatic heterocycles. The minimum atomic E-state index is -0.519. The third-order valence-electron chi connectivity index (χ3n) is 3.93. The lowest BCUT2D eigenvalue weighted by atomic mass is 10.0. The summed E-state index contributed by atoms with van der Waals surface area (Å²) in [6, 6.07) is 22.4. The first-order valence-corrected chi connectivity index (χ1v) is 7.79. The van der Waals surface area contributed by atoms with Crippen molar-refractivity contribution in [3.63, 3.8) is 0 Å². The number of carbonyl (C=O) groups excluding carboxylic acids is 1. The highest BCUT2D eigenvalue weighted by Crippen LogP contribution is 2.20. The van der Waals surface area contributed by atoms with Gasteiger partial charge in [-0.15, -0.1) is 0 Å². The van der Waals surface area contributed by atoms with E-state index in [1.54, 1.807) is 30.3 Å². The van der Waals surface area contributed by atoms with Gasteiger partial charge in [0.15, 0.2) is 5.58 Å². The number of H-pyrrole nitrogens is 1. The summed E-state index contributed by atoms with van der Waals surface area (Å²) >= 11 is 0. The van der Waals surface area contributed by atoms with Gasteiger partial charge in [-0.1, -0.05) is 42.5 Å². The molecule has 1 amide bonds. The molecule has 5 heteroatoms. The molecule has 1 heterocycles. The molecule has 4 aromatic rings. The first-order valence-electron chi connectivity index (χ1n) is 7.79. The van der Waals surface area contributed by atoms with E-state index in [2.05, 4.69) is 10.3 Å². The van der Waals surface area contributed by atoms with Crippen LogP contribution in [0, 0.1) is 0 Å². The summed E-state index contributed by atoms with van der Waals surface area (Å²) < 4.78 is 4.94. The molecule has 0 aliphatic carbocycles. The molecule has 0 aliphatic rings. The lowest BCUT2D eigenvalue weighted by Crippen LogP contribution is -2.11. The molecule has 0 bridgehead atoms. The summed E-state index contributed by atoms with van der Waals surface area (Å²) in [7, 11) is 0. The molecule has 0 atom stereocenters. The van der Waals surface area contributed by atoms with E-state index < -0.39 is 5.76 Å². The zero-order valence-electron chi connectivity index (χ0n) is 13.2. The topological polar surface area (TPSA) is 75.1 Å². The van der Waals surface area contributed by atoms with Gasteiger partial charge >= 0.3 is 5.76 Å². The highest BCUT2D eigenvalue weighted by molar-refractivity contribution is 6.05. The second-order valence-electron chi connectivity index (χ2n) is 5.62. The highest BCUT2D eigenvalue weighted by atomic mass is 16.4. The fourth-order valence-corrected chi connectivity index (χ4v) is 2.68. The molecule has 0 saturated heterocycles. The standard InChI is InChI=1S/C20H14N2O3/c23-19(21-16-10-11-18-17(12-16)22-20(24)25-18)15-8-6-14(7-9-15)13-4-2-1-3-5-13/h1-12H,(H,21,23)(H,22,24). The lowest BCUT2D eigenvalue weighted by molar-refractivity contribution is 0.102. The second-order valence-corrected chi connectivity index (χ2v) is 5.62.